The number of carbonyl (C=O) groups excluding carboxylic acids is 1. The highest BCUT2D eigenvalue weighted by atomic mass is 79.9. The minimum atomic E-state index is -4.95. The van der Waals surface area contributed by atoms with E-state index < -0.39 is 17.7 Å². The number of aromatic nitrogens is 1. The average molecular weight is 288 g/mol. The van der Waals surface area contributed by atoms with Gasteiger partial charge in [-0.15, -0.1) is 0 Å². The van der Waals surface area contributed by atoms with Gasteiger partial charge in [-0.1, -0.05) is 11.6 Å². The van der Waals surface area contributed by atoms with Crippen molar-refractivity contribution in [2.45, 2.75) is 6.18 Å². The first-order chi connectivity index (χ1) is 6.32. The van der Waals surface area contributed by atoms with E-state index in [4.69, 9.17) is 11.6 Å². The lowest BCUT2D eigenvalue weighted by atomic mass is 10.2. The van der Waals surface area contributed by atoms with E-state index in [0.29, 0.717) is 4.47 Å². The highest BCUT2D eigenvalue weighted by Gasteiger charge is 2.41. The van der Waals surface area contributed by atoms with E-state index in [0.717, 1.165) is 6.20 Å². The topological polar surface area (TPSA) is 30.0 Å². The van der Waals surface area contributed by atoms with Crippen molar-refractivity contribution in [3.63, 3.8) is 0 Å². The minimum absolute atomic E-state index is 0.332. The van der Waals surface area contributed by atoms with Crippen LogP contribution >= 0.6 is 27.5 Å². The minimum Gasteiger partial charge on any atom is -0.282 e. The third-order valence-electron chi connectivity index (χ3n) is 1.28. The second kappa shape index (κ2) is 3.86. The second-order valence-electron chi connectivity index (χ2n) is 2.31. The van der Waals surface area contributed by atoms with Crippen molar-refractivity contribution in [2.75, 3.05) is 0 Å². The average Bonchev–Trinajstić information content (AvgIpc) is 2.01. The zero-order valence-corrected chi connectivity index (χ0v) is 8.74. The van der Waals surface area contributed by atoms with Gasteiger partial charge < -0.3 is 0 Å². The molecule has 1 heterocycles. The van der Waals surface area contributed by atoms with Gasteiger partial charge in [-0.25, -0.2) is 0 Å². The van der Waals surface area contributed by atoms with Gasteiger partial charge in [0.1, 0.15) is 5.69 Å². The van der Waals surface area contributed by atoms with Crippen LogP contribution in [0.2, 0.25) is 5.02 Å². The summed E-state index contributed by atoms with van der Waals surface area (Å²) >= 11 is 8.37. The zero-order valence-electron chi connectivity index (χ0n) is 6.40. The molecule has 1 aromatic rings. The summed E-state index contributed by atoms with van der Waals surface area (Å²) in [6.07, 6.45) is -3.88. The molecule has 0 aliphatic heterocycles. The van der Waals surface area contributed by atoms with Crippen LogP contribution in [0.3, 0.4) is 0 Å². The first-order valence-electron chi connectivity index (χ1n) is 3.25. The molecule has 76 valence electrons. The molecule has 0 amide bonds. The number of pyridine rings is 1. The van der Waals surface area contributed by atoms with Gasteiger partial charge in [0, 0.05) is 10.7 Å². The van der Waals surface area contributed by atoms with Crippen LogP contribution in [0.15, 0.2) is 16.7 Å². The molecule has 0 aliphatic rings. The summed E-state index contributed by atoms with van der Waals surface area (Å²) in [6.45, 7) is 0. The predicted molar refractivity (Wildman–Crippen MR) is 47.3 cm³/mol. The number of alkyl halides is 3. The zero-order chi connectivity index (χ0) is 10.9. The molecule has 0 aliphatic carbocycles. The number of halogens is 5. The Morgan fingerprint density at radius 1 is 1.50 bits per heavy atom. The third kappa shape index (κ3) is 2.45. The number of carbonyl (C=O) groups is 1. The number of hydrogen-bond donors (Lipinski definition) is 0. The summed E-state index contributed by atoms with van der Waals surface area (Å²) < 4.78 is 36.3. The summed E-state index contributed by atoms with van der Waals surface area (Å²) in [5, 5.41) is -0.332. The van der Waals surface area contributed by atoms with E-state index >= 15 is 0 Å². The Balaban J connectivity index is 3.15. The highest BCUT2D eigenvalue weighted by molar-refractivity contribution is 9.10. The molecular weight excluding hydrogens is 286 g/mol. The molecule has 0 unspecified atom stereocenters. The van der Waals surface area contributed by atoms with Crippen molar-refractivity contribution in [2.24, 2.45) is 0 Å². The number of ketones is 1. The molecule has 7 heteroatoms. The maximum absolute atomic E-state index is 12.0. The Bertz CT molecular complexity index is 380. The first kappa shape index (κ1) is 11.5. The van der Waals surface area contributed by atoms with Crippen LogP contribution < -0.4 is 0 Å². The van der Waals surface area contributed by atoms with Gasteiger partial charge in [0.2, 0.25) is 0 Å². The summed E-state index contributed by atoms with van der Waals surface area (Å²) in [4.78, 5) is 14.0. The van der Waals surface area contributed by atoms with Gasteiger partial charge in [0.25, 0.3) is 5.78 Å². The summed E-state index contributed by atoms with van der Waals surface area (Å²) in [7, 11) is 0. The first-order valence-corrected chi connectivity index (χ1v) is 4.42. The molecule has 0 aromatic carbocycles. The Morgan fingerprint density at radius 3 is 2.50 bits per heavy atom. The fraction of sp³-hybridized carbons (Fsp3) is 0.143. The van der Waals surface area contributed by atoms with Crippen LogP contribution in [0, 0.1) is 0 Å². The van der Waals surface area contributed by atoms with E-state index in [1.54, 1.807) is 0 Å². The maximum Gasteiger partial charge on any atom is 0.456 e. The van der Waals surface area contributed by atoms with Gasteiger partial charge in [-0.2, -0.15) is 13.2 Å². The Labute approximate surface area is 90.2 Å². The smallest absolute Gasteiger partial charge is 0.282 e. The largest absolute Gasteiger partial charge is 0.456 e. The molecule has 1 aromatic heterocycles. The second-order valence-corrected chi connectivity index (χ2v) is 3.63. The lowest BCUT2D eigenvalue weighted by Gasteiger charge is -2.05. The Hall–Kier alpha value is -0.620. The van der Waals surface area contributed by atoms with Crippen LogP contribution in [0.1, 0.15) is 10.5 Å². The molecule has 14 heavy (non-hydrogen) atoms. The highest BCUT2D eigenvalue weighted by Crippen LogP contribution is 2.26. The van der Waals surface area contributed by atoms with Crippen LogP contribution in [-0.2, 0) is 0 Å². The molecule has 0 saturated heterocycles. The van der Waals surface area contributed by atoms with Gasteiger partial charge in [-0.3, -0.25) is 9.78 Å². The molecule has 0 fully saturated rings. The number of nitrogens with zero attached hydrogens (tertiary/aromatic N) is 1. The standard InChI is InChI=1S/C7H2BrClF3NO/c8-3-1-4(9)5(13-2-3)6(14)7(10,11)12/h1-2H. The molecule has 0 atom stereocenters. The van der Waals surface area contributed by atoms with E-state index in [1.807, 2.05) is 0 Å². The normalized spacial score (nSPS) is 11.5. The number of hydrogen-bond acceptors (Lipinski definition) is 2. The van der Waals surface area contributed by atoms with E-state index in [9.17, 15) is 18.0 Å². The van der Waals surface area contributed by atoms with E-state index in [2.05, 4.69) is 20.9 Å². The fourth-order valence-corrected chi connectivity index (χ4v) is 1.43. The van der Waals surface area contributed by atoms with Crippen molar-refractivity contribution in [1.29, 1.82) is 0 Å². The van der Waals surface area contributed by atoms with Crippen molar-refractivity contribution in [3.8, 4) is 0 Å². The molecule has 2 nitrogen and oxygen atoms in total. The number of rotatable bonds is 1. The van der Waals surface area contributed by atoms with Gasteiger partial charge >= 0.3 is 6.18 Å². The molecule has 0 radical (unpaired) electrons. The monoisotopic (exact) mass is 287 g/mol. The molecular formula is C7H2BrClF3NO. The summed E-state index contributed by atoms with van der Waals surface area (Å²) in [5.41, 5.74) is -0.789. The third-order valence-corrected chi connectivity index (χ3v) is 2.00. The van der Waals surface area contributed by atoms with Gasteiger partial charge in [0.05, 0.1) is 5.02 Å². The van der Waals surface area contributed by atoms with Gasteiger partial charge in [-0.05, 0) is 22.0 Å². The summed E-state index contributed by atoms with van der Waals surface area (Å²) in [6, 6.07) is 1.17. The van der Waals surface area contributed by atoms with Crippen molar-refractivity contribution in [3.05, 3.63) is 27.5 Å². The Kier molecular flexibility index (Phi) is 3.16. The van der Waals surface area contributed by atoms with Crippen LogP contribution in [-0.4, -0.2) is 16.9 Å². The summed E-state index contributed by atoms with van der Waals surface area (Å²) in [5.74, 6) is -2.05. The molecule has 0 N–H and O–H groups in total. The van der Waals surface area contributed by atoms with Crippen LogP contribution in [0.25, 0.3) is 0 Å². The molecule has 0 saturated carbocycles. The quantitative estimate of drug-likeness (QED) is 0.743. The fourth-order valence-electron chi connectivity index (χ4n) is 0.716. The SMILES string of the molecule is O=C(c1ncc(Br)cc1Cl)C(F)(F)F. The van der Waals surface area contributed by atoms with E-state index in [-0.39, 0.29) is 5.02 Å². The van der Waals surface area contributed by atoms with Crippen molar-refractivity contribution in [1.82, 2.24) is 4.98 Å². The number of Topliss-reactive ketones (excluding diaryl/α,β-unsaturated/α-hetero) is 1. The molecule has 1 rings (SSSR count). The van der Waals surface area contributed by atoms with Crippen molar-refractivity contribution < 1.29 is 18.0 Å². The van der Waals surface area contributed by atoms with Gasteiger partial charge in [0.15, 0.2) is 0 Å². The maximum atomic E-state index is 12.0. The molecule has 0 spiro atoms. The van der Waals surface area contributed by atoms with Crippen LogP contribution in [0.5, 0.6) is 0 Å². The van der Waals surface area contributed by atoms with Crippen LogP contribution in [0.4, 0.5) is 13.2 Å². The lowest BCUT2D eigenvalue weighted by Crippen LogP contribution is -2.24. The molecule has 0 bridgehead atoms. The van der Waals surface area contributed by atoms with E-state index in [1.165, 1.54) is 6.07 Å². The lowest BCUT2D eigenvalue weighted by molar-refractivity contribution is -0.0888. The van der Waals surface area contributed by atoms with Crippen molar-refractivity contribution >= 4 is 33.3 Å². The Morgan fingerprint density at radius 2 is 2.07 bits per heavy atom. The predicted octanol–water partition coefficient (Wildman–Crippen LogP) is 3.24.